The summed E-state index contributed by atoms with van der Waals surface area (Å²) >= 11 is 0. The molecule has 4 heteroatoms. The minimum absolute atomic E-state index is 0.169. The number of Topliss-reactive ketones (excluding diaryl/α,β-unsaturated/α-hetero) is 1. The Morgan fingerprint density at radius 2 is 1.42 bits per heavy atom. The maximum Gasteiger partial charge on any atom is 0.230 e. The van der Waals surface area contributed by atoms with Crippen molar-refractivity contribution in [3.8, 4) is 6.07 Å². The van der Waals surface area contributed by atoms with Gasteiger partial charge in [0.25, 0.3) is 0 Å². The highest BCUT2D eigenvalue weighted by Gasteiger charge is 2.56. The number of nitriles is 1. The van der Waals surface area contributed by atoms with Crippen LogP contribution in [0.15, 0.2) is 71.8 Å². The molecule has 0 radical (unpaired) electrons. The normalized spacial score (nSPS) is 19.8. The van der Waals surface area contributed by atoms with Crippen LogP contribution in [0.25, 0.3) is 0 Å². The molecule has 0 aliphatic heterocycles. The lowest BCUT2D eigenvalue weighted by Gasteiger charge is -2.43. The second kappa shape index (κ2) is 7.03. The maximum absolute atomic E-state index is 13.0. The zero-order valence-corrected chi connectivity index (χ0v) is 16.5. The van der Waals surface area contributed by atoms with Crippen LogP contribution in [0, 0.1) is 11.3 Å². The van der Waals surface area contributed by atoms with Crippen LogP contribution in [0.3, 0.4) is 0 Å². The lowest BCUT2D eigenvalue weighted by molar-refractivity contribution is -0.128. The van der Waals surface area contributed by atoms with Crippen molar-refractivity contribution in [2.75, 3.05) is 0 Å². The van der Waals surface area contributed by atoms with E-state index in [1.165, 1.54) is 0 Å². The molecule has 26 heavy (non-hydrogen) atoms. The van der Waals surface area contributed by atoms with E-state index in [-0.39, 0.29) is 5.78 Å². The molecule has 0 bridgehead atoms. The molecule has 1 aliphatic carbocycles. The average molecular weight is 362 g/mol. The summed E-state index contributed by atoms with van der Waals surface area (Å²) in [5.41, 5.74) is 2.28. The number of hydrogen-bond donors (Lipinski definition) is 0. The third kappa shape index (κ3) is 3.55. The van der Waals surface area contributed by atoms with E-state index in [2.05, 4.69) is 6.07 Å². The minimum atomic E-state index is -2.08. The summed E-state index contributed by atoms with van der Waals surface area (Å²) in [7, 11) is -2.08. The minimum Gasteiger partial charge on any atom is -0.391 e. The smallest absolute Gasteiger partial charge is 0.230 e. The van der Waals surface area contributed by atoms with Crippen LogP contribution >= 0.6 is 0 Å². The van der Waals surface area contributed by atoms with Crippen LogP contribution in [0.2, 0.25) is 19.6 Å². The summed E-state index contributed by atoms with van der Waals surface area (Å²) in [4.78, 5) is 13.0. The van der Waals surface area contributed by atoms with Gasteiger partial charge in [-0.1, -0.05) is 60.7 Å². The van der Waals surface area contributed by atoms with E-state index in [0.29, 0.717) is 12.8 Å². The molecule has 0 spiro atoms. The zero-order chi connectivity index (χ0) is 18.8. The molecule has 2 aromatic carbocycles. The molecule has 2 aromatic rings. The van der Waals surface area contributed by atoms with Gasteiger partial charge in [0.2, 0.25) is 11.4 Å². The third-order valence-corrected chi connectivity index (χ3v) is 5.37. The number of ketones is 1. The van der Waals surface area contributed by atoms with E-state index in [0.717, 1.165) is 22.3 Å². The van der Waals surface area contributed by atoms with Gasteiger partial charge >= 0.3 is 0 Å². The van der Waals surface area contributed by atoms with E-state index < -0.39 is 13.9 Å². The topological polar surface area (TPSA) is 50.1 Å². The van der Waals surface area contributed by atoms with Crippen molar-refractivity contribution < 1.29 is 9.22 Å². The predicted molar refractivity (Wildman–Crippen MR) is 105 cm³/mol. The molecule has 0 saturated heterocycles. The Hall–Kier alpha value is -2.48. The number of hydrogen-bond acceptors (Lipinski definition) is 3. The first-order chi connectivity index (χ1) is 12.4. The van der Waals surface area contributed by atoms with Gasteiger partial charge in [-0.3, -0.25) is 4.79 Å². The molecule has 0 heterocycles. The third-order valence-electron chi connectivity index (χ3n) is 4.45. The van der Waals surface area contributed by atoms with Crippen LogP contribution < -0.4 is 0 Å². The SMILES string of the molecule is C[Si](C)(C)OC1(C#N)C(=O)C(Cc2ccccc2)=C1Cc1ccccc1. The highest BCUT2D eigenvalue weighted by molar-refractivity contribution is 6.70. The summed E-state index contributed by atoms with van der Waals surface area (Å²) in [6.45, 7) is 6.03. The molecule has 0 saturated carbocycles. The van der Waals surface area contributed by atoms with Crippen molar-refractivity contribution in [2.45, 2.75) is 38.1 Å². The van der Waals surface area contributed by atoms with Gasteiger partial charge in [0.05, 0.1) is 0 Å². The number of rotatable bonds is 6. The van der Waals surface area contributed by atoms with Gasteiger partial charge in [0.15, 0.2) is 8.32 Å². The van der Waals surface area contributed by atoms with E-state index in [1.807, 2.05) is 80.3 Å². The Kier molecular flexibility index (Phi) is 4.95. The Morgan fingerprint density at radius 3 is 1.88 bits per heavy atom. The van der Waals surface area contributed by atoms with E-state index in [9.17, 15) is 10.1 Å². The Bertz CT molecular complexity index is 876. The molecule has 0 fully saturated rings. The first-order valence-corrected chi connectivity index (χ1v) is 12.2. The highest BCUT2D eigenvalue weighted by Crippen LogP contribution is 2.43. The highest BCUT2D eigenvalue weighted by atomic mass is 28.4. The van der Waals surface area contributed by atoms with E-state index in [4.69, 9.17) is 4.43 Å². The molecule has 1 atom stereocenters. The fourth-order valence-electron chi connectivity index (χ4n) is 3.36. The zero-order valence-electron chi connectivity index (χ0n) is 15.5. The molecule has 1 aliphatic rings. The number of nitrogens with zero attached hydrogens (tertiary/aromatic N) is 1. The van der Waals surface area contributed by atoms with E-state index >= 15 is 0 Å². The van der Waals surface area contributed by atoms with Gasteiger partial charge < -0.3 is 4.43 Å². The van der Waals surface area contributed by atoms with Crippen molar-refractivity contribution in [2.24, 2.45) is 0 Å². The second-order valence-electron chi connectivity index (χ2n) is 7.62. The van der Waals surface area contributed by atoms with Crippen molar-refractivity contribution in [1.29, 1.82) is 5.26 Å². The quantitative estimate of drug-likeness (QED) is 0.714. The number of carbonyl (C=O) groups is 1. The first-order valence-electron chi connectivity index (χ1n) is 8.82. The Balaban J connectivity index is 2.03. The molecule has 3 rings (SSSR count). The molecule has 0 amide bonds. The van der Waals surface area contributed by atoms with Crippen molar-refractivity contribution in [3.63, 3.8) is 0 Å². The molecule has 0 aromatic heterocycles. The Morgan fingerprint density at radius 1 is 0.923 bits per heavy atom. The molecule has 3 nitrogen and oxygen atoms in total. The predicted octanol–water partition coefficient (Wildman–Crippen LogP) is 4.46. The standard InChI is InChI=1S/C22H23NO2Si/c1-26(2,3)25-22(16-23)20(15-18-12-8-5-9-13-18)19(21(22)24)14-17-10-6-4-7-11-17/h4-13H,14-15H2,1-3H3. The van der Waals surface area contributed by atoms with Gasteiger partial charge in [-0.25, -0.2) is 0 Å². The summed E-state index contributed by atoms with van der Waals surface area (Å²) in [5, 5.41) is 9.89. The van der Waals surface area contributed by atoms with E-state index in [1.54, 1.807) is 0 Å². The summed E-state index contributed by atoms with van der Waals surface area (Å²) < 4.78 is 6.15. The fraction of sp³-hybridized carbons (Fsp3) is 0.273. The molecular weight excluding hydrogens is 338 g/mol. The second-order valence-corrected chi connectivity index (χ2v) is 12.0. The molecule has 1 unspecified atom stereocenters. The number of benzene rings is 2. The summed E-state index contributed by atoms with van der Waals surface area (Å²) in [5.74, 6) is -0.169. The van der Waals surface area contributed by atoms with Crippen LogP contribution in [0.5, 0.6) is 0 Å². The van der Waals surface area contributed by atoms with Gasteiger partial charge in [-0.2, -0.15) is 5.26 Å². The summed E-state index contributed by atoms with van der Waals surface area (Å²) in [6.07, 6.45) is 1.10. The summed E-state index contributed by atoms with van der Waals surface area (Å²) in [6, 6.07) is 22.1. The fourth-order valence-corrected chi connectivity index (χ4v) is 4.54. The van der Waals surface area contributed by atoms with Crippen LogP contribution in [-0.4, -0.2) is 19.7 Å². The van der Waals surface area contributed by atoms with Crippen LogP contribution in [-0.2, 0) is 22.1 Å². The van der Waals surface area contributed by atoms with Crippen LogP contribution in [0.4, 0.5) is 0 Å². The Labute approximate surface area is 156 Å². The van der Waals surface area contributed by atoms with Gasteiger partial charge in [-0.15, -0.1) is 0 Å². The van der Waals surface area contributed by atoms with Gasteiger partial charge in [-0.05, 0) is 42.8 Å². The van der Waals surface area contributed by atoms with Crippen molar-refractivity contribution in [1.82, 2.24) is 0 Å². The maximum atomic E-state index is 13.0. The first kappa shape index (κ1) is 18.3. The molecular formula is C22H23NO2Si. The lowest BCUT2D eigenvalue weighted by atomic mass is 9.68. The average Bonchev–Trinajstić information content (AvgIpc) is 2.63. The molecule has 132 valence electrons. The monoisotopic (exact) mass is 361 g/mol. The van der Waals surface area contributed by atoms with Crippen LogP contribution in [0.1, 0.15) is 11.1 Å². The largest absolute Gasteiger partial charge is 0.391 e. The van der Waals surface area contributed by atoms with Gasteiger partial charge in [0, 0.05) is 12.0 Å². The lowest BCUT2D eigenvalue weighted by Crippen LogP contribution is -2.57. The van der Waals surface area contributed by atoms with Crippen molar-refractivity contribution >= 4 is 14.1 Å². The number of carbonyl (C=O) groups excluding carboxylic acids is 1. The van der Waals surface area contributed by atoms with Crippen molar-refractivity contribution in [3.05, 3.63) is 82.9 Å². The van der Waals surface area contributed by atoms with Gasteiger partial charge in [0.1, 0.15) is 6.07 Å². The molecule has 0 N–H and O–H groups in total.